The van der Waals surface area contributed by atoms with E-state index in [1.54, 1.807) is 4.90 Å². The molecule has 0 radical (unpaired) electrons. The van der Waals surface area contributed by atoms with Crippen molar-refractivity contribution >= 4 is 6.09 Å². The third-order valence-electron chi connectivity index (χ3n) is 2.37. The van der Waals surface area contributed by atoms with Crippen molar-refractivity contribution in [2.45, 2.75) is 26.8 Å². The molecule has 0 aromatic heterocycles. The van der Waals surface area contributed by atoms with Crippen LogP contribution in [0.3, 0.4) is 0 Å². The maximum Gasteiger partial charge on any atom is 0.409 e. The van der Waals surface area contributed by atoms with Gasteiger partial charge in [-0.05, 0) is 5.41 Å². The van der Waals surface area contributed by atoms with E-state index in [0.29, 0.717) is 19.7 Å². The van der Waals surface area contributed by atoms with Crippen molar-refractivity contribution in [3.63, 3.8) is 0 Å². The molecule has 0 spiro atoms. The minimum Gasteiger partial charge on any atom is -0.448 e. The summed E-state index contributed by atoms with van der Waals surface area (Å²) in [5.74, 6) is 0. The first-order valence-electron chi connectivity index (χ1n) is 4.58. The molecule has 1 rings (SSSR count). The van der Waals surface area contributed by atoms with Crippen LogP contribution in [0.25, 0.3) is 0 Å². The second-order valence-corrected chi connectivity index (χ2v) is 4.53. The second kappa shape index (κ2) is 3.54. The maximum absolute atomic E-state index is 11.1. The van der Waals surface area contributed by atoms with Crippen molar-refractivity contribution in [3.8, 4) is 0 Å². The van der Waals surface area contributed by atoms with E-state index in [9.17, 15) is 4.79 Å². The molecule has 0 aliphatic carbocycles. The lowest BCUT2D eigenvalue weighted by atomic mass is 9.87. The smallest absolute Gasteiger partial charge is 0.409 e. The number of nitrogens with zero attached hydrogens (tertiary/aromatic N) is 1. The minimum atomic E-state index is -0.236. The molecule has 1 atom stereocenters. The molecule has 0 aromatic carbocycles. The summed E-state index contributed by atoms with van der Waals surface area (Å²) in [6, 6.07) is -0.00171. The number of hydrogen-bond acceptors (Lipinski definition) is 3. The molecule has 1 fully saturated rings. The van der Waals surface area contributed by atoms with E-state index in [0.717, 1.165) is 0 Å². The summed E-state index contributed by atoms with van der Waals surface area (Å²) in [6.45, 7) is 7.96. The molecule has 4 nitrogen and oxygen atoms in total. The number of carbonyl (C=O) groups excluding carboxylic acids is 1. The van der Waals surface area contributed by atoms with E-state index in [2.05, 4.69) is 20.8 Å². The van der Waals surface area contributed by atoms with Gasteiger partial charge in [0, 0.05) is 12.6 Å². The van der Waals surface area contributed by atoms with Gasteiger partial charge in [-0.15, -0.1) is 0 Å². The monoisotopic (exact) mass is 186 g/mol. The third kappa shape index (κ3) is 2.59. The van der Waals surface area contributed by atoms with Crippen molar-refractivity contribution in [3.05, 3.63) is 0 Å². The quantitative estimate of drug-likeness (QED) is 0.694. The fourth-order valence-corrected chi connectivity index (χ4v) is 1.10. The minimum absolute atomic E-state index is 0.00171. The fraction of sp³-hybridized carbons (Fsp3) is 0.889. The summed E-state index contributed by atoms with van der Waals surface area (Å²) in [7, 11) is 0. The fourth-order valence-electron chi connectivity index (χ4n) is 1.10. The van der Waals surface area contributed by atoms with Gasteiger partial charge in [-0.3, -0.25) is 0 Å². The number of nitrogens with two attached hydrogens (primary N) is 1. The highest BCUT2D eigenvalue weighted by Crippen LogP contribution is 2.19. The molecule has 1 aliphatic rings. The Balaban J connectivity index is 2.44. The number of hydrogen-bond donors (Lipinski definition) is 1. The van der Waals surface area contributed by atoms with Gasteiger partial charge in [-0.1, -0.05) is 20.8 Å². The van der Waals surface area contributed by atoms with Gasteiger partial charge in [0.15, 0.2) is 0 Å². The number of rotatable bonds is 2. The molecule has 0 saturated carbocycles. The van der Waals surface area contributed by atoms with Crippen LogP contribution in [-0.2, 0) is 4.74 Å². The van der Waals surface area contributed by atoms with E-state index >= 15 is 0 Å². The van der Waals surface area contributed by atoms with Crippen molar-refractivity contribution < 1.29 is 9.53 Å². The van der Waals surface area contributed by atoms with Crippen molar-refractivity contribution in [1.82, 2.24) is 4.90 Å². The van der Waals surface area contributed by atoms with E-state index in [-0.39, 0.29) is 17.6 Å². The zero-order valence-corrected chi connectivity index (χ0v) is 8.54. The van der Waals surface area contributed by atoms with Crippen molar-refractivity contribution in [2.24, 2.45) is 11.1 Å². The number of cyclic esters (lactones) is 1. The Morgan fingerprint density at radius 3 is 2.62 bits per heavy atom. The summed E-state index contributed by atoms with van der Waals surface area (Å²) in [6.07, 6.45) is -0.236. The summed E-state index contributed by atoms with van der Waals surface area (Å²) >= 11 is 0. The standard InChI is InChI=1S/C9H18N2O2/c1-9(2,3)7(10)6-11-4-5-13-8(11)12/h7H,4-6,10H2,1-3H3. The van der Waals surface area contributed by atoms with Crippen LogP contribution in [0, 0.1) is 5.41 Å². The molecule has 2 N–H and O–H groups in total. The Kier molecular flexibility index (Phi) is 2.81. The van der Waals surface area contributed by atoms with Crippen LogP contribution in [-0.4, -0.2) is 36.7 Å². The lowest BCUT2D eigenvalue weighted by Gasteiger charge is -2.29. The lowest BCUT2D eigenvalue weighted by Crippen LogP contribution is -2.45. The Morgan fingerprint density at radius 1 is 1.62 bits per heavy atom. The van der Waals surface area contributed by atoms with Gasteiger partial charge >= 0.3 is 6.09 Å². The summed E-state index contributed by atoms with van der Waals surface area (Å²) in [5, 5.41) is 0. The van der Waals surface area contributed by atoms with Gasteiger partial charge in [0.25, 0.3) is 0 Å². The number of carbonyl (C=O) groups is 1. The third-order valence-corrected chi connectivity index (χ3v) is 2.37. The van der Waals surface area contributed by atoms with Gasteiger partial charge in [0.2, 0.25) is 0 Å². The van der Waals surface area contributed by atoms with Crippen molar-refractivity contribution in [1.29, 1.82) is 0 Å². The van der Waals surface area contributed by atoms with Crippen LogP contribution < -0.4 is 5.73 Å². The van der Waals surface area contributed by atoms with E-state index < -0.39 is 0 Å². The Hall–Kier alpha value is -0.770. The highest BCUT2D eigenvalue weighted by molar-refractivity contribution is 5.69. The molecule has 0 aromatic rings. The number of amides is 1. The van der Waals surface area contributed by atoms with Crippen molar-refractivity contribution in [2.75, 3.05) is 19.7 Å². The van der Waals surface area contributed by atoms with E-state index in [4.69, 9.17) is 10.5 Å². The zero-order chi connectivity index (χ0) is 10.1. The summed E-state index contributed by atoms with van der Waals surface area (Å²) < 4.78 is 4.81. The van der Waals surface area contributed by atoms with Crippen LogP contribution >= 0.6 is 0 Å². The molecule has 1 aliphatic heterocycles. The predicted octanol–water partition coefficient (Wildman–Crippen LogP) is 0.812. The van der Waals surface area contributed by atoms with Gasteiger partial charge in [0.05, 0.1) is 6.54 Å². The van der Waals surface area contributed by atoms with Crippen LogP contribution in [0.5, 0.6) is 0 Å². The largest absolute Gasteiger partial charge is 0.448 e. The highest BCUT2D eigenvalue weighted by Gasteiger charge is 2.28. The molecule has 4 heteroatoms. The first kappa shape index (κ1) is 10.3. The SMILES string of the molecule is CC(C)(C)C(N)CN1CCOC1=O. The number of ether oxygens (including phenoxy) is 1. The van der Waals surface area contributed by atoms with Gasteiger partial charge in [0.1, 0.15) is 6.61 Å². The average molecular weight is 186 g/mol. The molecule has 13 heavy (non-hydrogen) atoms. The Morgan fingerprint density at radius 2 is 2.23 bits per heavy atom. The normalized spacial score (nSPS) is 20.3. The first-order chi connectivity index (χ1) is 5.91. The summed E-state index contributed by atoms with van der Waals surface area (Å²) in [4.78, 5) is 12.7. The summed E-state index contributed by atoms with van der Waals surface area (Å²) in [5.41, 5.74) is 5.97. The lowest BCUT2D eigenvalue weighted by molar-refractivity contribution is 0.151. The molecule has 76 valence electrons. The van der Waals surface area contributed by atoms with Gasteiger partial charge < -0.3 is 15.4 Å². The maximum atomic E-state index is 11.1. The van der Waals surface area contributed by atoms with Crippen LogP contribution in [0.15, 0.2) is 0 Å². The second-order valence-electron chi connectivity index (χ2n) is 4.53. The van der Waals surface area contributed by atoms with E-state index in [1.807, 2.05) is 0 Å². The van der Waals surface area contributed by atoms with Crippen LogP contribution in [0.2, 0.25) is 0 Å². The predicted molar refractivity (Wildman–Crippen MR) is 50.4 cm³/mol. The first-order valence-corrected chi connectivity index (χ1v) is 4.58. The molecular formula is C9H18N2O2. The molecule has 0 bridgehead atoms. The molecule has 1 amide bonds. The van der Waals surface area contributed by atoms with Gasteiger partial charge in [-0.25, -0.2) is 4.79 Å². The Labute approximate surface area is 79.0 Å². The molecule has 1 saturated heterocycles. The van der Waals surface area contributed by atoms with E-state index in [1.165, 1.54) is 0 Å². The molecule has 1 heterocycles. The average Bonchev–Trinajstić information content (AvgIpc) is 2.34. The van der Waals surface area contributed by atoms with Crippen LogP contribution in [0.4, 0.5) is 4.79 Å². The zero-order valence-electron chi connectivity index (χ0n) is 8.54. The molecule has 1 unspecified atom stereocenters. The highest BCUT2D eigenvalue weighted by atomic mass is 16.6. The van der Waals surface area contributed by atoms with Gasteiger partial charge in [-0.2, -0.15) is 0 Å². The Bertz CT molecular complexity index is 198. The topological polar surface area (TPSA) is 55.6 Å². The molecular weight excluding hydrogens is 168 g/mol. The van der Waals surface area contributed by atoms with Crippen LogP contribution in [0.1, 0.15) is 20.8 Å².